The second-order valence-electron chi connectivity index (χ2n) is 17.0. The largest absolute Gasteiger partial charge is 0.311 e. The summed E-state index contributed by atoms with van der Waals surface area (Å²) in [5.74, 6) is 0. The lowest BCUT2D eigenvalue weighted by atomic mass is 9.33. The molecule has 0 amide bonds. The zero-order valence-electron chi connectivity index (χ0n) is 36.1. The Morgan fingerprint density at radius 3 is 1.05 bits per heavy atom. The van der Waals surface area contributed by atoms with Crippen LogP contribution in [-0.4, -0.2) is 6.71 Å². The van der Waals surface area contributed by atoms with Gasteiger partial charge in [0.2, 0.25) is 0 Å². The molecule has 3 aliphatic heterocycles. The molecule has 0 bridgehead atoms. The molecule has 310 valence electrons. The normalized spacial score (nSPS) is 13.0. The number of benzene rings is 10. The molecule has 10 aromatic carbocycles. The summed E-state index contributed by atoms with van der Waals surface area (Å²) in [4.78, 5) is 12.3. The predicted octanol–water partition coefficient (Wildman–Crippen LogP) is 14.5. The van der Waals surface area contributed by atoms with Gasteiger partial charge in [0.15, 0.2) is 0 Å². The molecule has 0 fully saturated rings. The van der Waals surface area contributed by atoms with E-state index in [1.165, 1.54) is 22.1 Å². The Kier molecular flexibility index (Phi) is 8.88. The fourth-order valence-electron chi connectivity index (χ4n) is 10.6. The van der Waals surface area contributed by atoms with Crippen LogP contribution in [0.5, 0.6) is 0 Å². The third-order valence-electron chi connectivity index (χ3n) is 13.2. The Morgan fingerprint density at radius 1 is 0.242 bits per heavy atom. The molecule has 0 atom stereocenters. The van der Waals surface area contributed by atoms with E-state index in [0.717, 1.165) is 79.6 Å². The first-order chi connectivity index (χ1) is 32.8. The quantitative estimate of drug-likeness (QED) is 0.148. The van der Waals surface area contributed by atoms with E-state index in [0.29, 0.717) is 0 Å². The SMILES string of the molecule is c1ccc(N(c2ccccc2)c2cc3c4c(c2)N(c2ccccc2)c2cc5c(cc2B4c2ccccc2N3c2ccccc2)N(c2ccccc2)c2ccccc2N5c2ccccc2)cc1. The maximum atomic E-state index is 2.52. The maximum Gasteiger partial charge on any atom is 0.252 e. The summed E-state index contributed by atoms with van der Waals surface area (Å²) in [6.45, 7) is -0.0951. The van der Waals surface area contributed by atoms with Gasteiger partial charge in [-0.15, -0.1) is 0 Å². The molecule has 5 nitrogen and oxygen atoms in total. The lowest BCUT2D eigenvalue weighted by Gasteiger charge is -2.47. The average molecular weight is 844 g/mol. The Labute approximate surface area is 386 Å². The van der Waals surface area contributed by atoms with Crippen LogP contribution in [0.15, 0.2) is 255 Å². The molecule has 0 spiro atoms. The summed E-state index contributed by atoms with van der Waals surface area (Å²) in [6.07, 6.45) is 0. The number of rotatable bonds is 7. The minimum Gasteiger partial charge on any atom is -0.311 e. The fraction of sp³-hybridized carbons (Fsp3) is 0. The van der Waals surface area contributed by atoms with Crippen molar-refractivity contribution in [3.8, 4) is 0 Å². The molecule has 3 heterocycles. The van der Waals surface area contributed by atoms with Gasteiger partial charge in [0, 0.05) is 56.9 Å². The number of hydrogen-bond acceptors (Lipinski definition) is 5. The van der Waals surface area contributed by atoms with Crippen LogP contribution in [0.4, 0.5) is 85.3 Å². The van der Waals surface area contributed by atoms with Gasteiger partial charge in [0.1, 0.15) is 0 Å². The van der Waals surface area contributed by atoms with Crippen molar-refractivity contribution in [3.63, 3.8) is 0 Å². The molecule has 0 N–H and O–H groups in total. The van der Waals surface area contributed by atoms with Crippen molar-refractivity contribution < 1.29 is 0 Å². The fourth-order valence-corrected chi connectivity index (χ4v) is 10.6. The van der Waals surface area contributed by atoms with Gasteiger partial charge in [-0.05, 0) is 132 Å². The summed E-state index contributed by atoms with van der Waals surface area (Å²) in [6, 6.07) is 92.6. The molecule has 3 aliphatic rings. The van der Waals surface area contributed by atoms with E-state index < -0.39 is 0 Å². The third-order valence-corrected chi connectivity index (χ3v) is 13.2. The second-order valence-corrected chi connectivity index (χ2v) is 17.0. The number of fused-ring (bicyclic) bond motifs is 6. The number of para-hydroxylation sites is 9. The molecule has 66 heavy (non-hydrogen) atoms. The monoisotopic (exact) mass is 843 g/mol. The van der Waals surface area contributed by atoms with Crippen molar-refractivity contribution in [2.24, 2.45) is 0 Å². The van der Waals surface area contributed by atoms with E-state index in [2.05, 4.69) is 279 Å². The second kappa shape index (κ2) is 15.5. The maximum absolute atomic E-state index is 2.52. The third kappa shape index (κ3) is 5.96. The lowest BCUT2D eigenvalue weighted by molar-refractivity contribution is 1.16. The van der Waals surface area contributed by atoms with Gasteiger partial charge in [0.25, 0.3) is 6.71 Å². The first kappa shape index (κ1) is 37.8. The molecule has 0 saturated heterocycles. The summed E-state index contributed by atoms with van der Waals surface area (Å²) >= 11 is 0. The standard InChI is InChI=1S/C60H42BN5/c1-7-23-43(24-8-1)62(44-25-9-2-10-26-44)49-39-58-60-59(40-49)66(48-33-17-6-18-34-48)55-42-57-56(41-51(55)61(60)50-35-19-20-36-52(50)63(58)45-27-11-3-12-28-45)64(46-29-13-4-14-30-46)53-37-21-22-38-54(53)65(57)47-31-15-5-16-32-47/h1-42H. The molecular formula is C60H42BN5. The summed E-state index contributed by atoms with van der Waals surface area (Å²) in [5.41, 5.74) is 20.5. The summed E-state index contributed by atoms with van der Waals surface area (Å²) in [7, 11) is 0. The van der Waals surface area contributed by atoms with Crippen molar-refractivity contribution >= 4 is 108 Å². The van der Waals surface area contributed by atoms with E-state index in [1.54, 1.807) is 0 Å². The van der Waals surface area contributed by atoms with E-state index in [9.17, 15) is 0 Å². The molecule has 0 saturated carbocycles. The zero-order valence-corrected chi connectivity index (χ0v) is 36.1. The van der Waals surface area contributed by atoms with Crippen LogP contribution < -0.4 is 40.9 Å². The molecule has 0 aliphatic carbocycles. The van der Waals surface area contributed by atoms with Crippen LogP contribution in [0.25, 0.3) is 0 Å². The van der Waals surface area contributed by atoms with Gasteiger partial charge in [0.05, 0.1) is 28.4 Å². The van der Waals surface area contributed by atoms with Gasteiger partial charge >= 0.3 is 0 Å². The number of nitrogens with zero attached hydrogens (tertiary/aromatic N) is 5. The van der Waals surface area contributed by atoms with E-state index in [-0.39, 0.29) is 6.71 Å². The van der Waals surface area contributed by atoms with Crippen molar-refractivity contribution in [1.82, 2.24) is 0 Å². The van der Waals surface area contributed by atoms with Crippen molar-refractivity contribution in [1.29, 1.82) is 0 Å². The van der Waals surface area contributed by atoms with Crippen LogP contribution in [0.3, 0.4) is 0 Å². The van der Waals surface area contributed by atoms with Gasteiger partial charge in [-0.2, -0.15) is 0 Å². The van der Waals surface area contributed by atoms with Crippen molar-refractivity contribution in [2.45, 2.75) is 0 Å². The molecule has 6 heteroatoms. The zero-order chi connectivity index (χ0) is 43.6. The van der Waals surface area contributed by atoms with Gasteiger partial charge in [-0.25, -0.2) is 0 Å². The van der Waals surface area contributed by atoms with Crippen LogP contribution >= 0.6 is 0 Å². The topological polar surface area (TPSA) is 16.2 Å². The minimum absolute atomic E-state index is 0.0951. The molecular weight excluding hydrogens is 802 g/mol. The highest BCUT2D eigenvalue weighted by molar-refractivity contribution is 7.00. The number of anilines is 15. The van der Waals surface area contributed by atoms with Crippen molar-refractivity contribution in [2.75, 3.05) is 24.5 Å². The Bertz CT molecular complexity index is 3350. The van der Waals surface area contributed by atoms with Crippen LogP contribution in [-0.2, 0) is 0 Å². The molecule has 0 radical (unpaired) electrons. The highest BCUT2D eigenvalue weighted by atomic mass is 15.3. The predicted molar refractivity (Wildman–Crippen MR) is 278 cm³/mol. The smallest absolute Gasteiger partial charge is 0.252 e. The van der Waals surface area contributed by atoms with E-state index >= 15 is 0 Å². The lowest BCUT2D eigenvalue weighted by Crippen LogP contribution is -2.61. The van der Waals surface area contributed by atoms with Crippen LogP contribution in [0.1, 0.15) is 0 Å². The average Bonchev–Trinajstić information content (AvgIpc) is 3.39. The van der Waals surface area contributed by atoms with Gasteiger partial charge in [-0.1, -0.05) is 140 Å². The summed E-state index contributed by atoms with van der Waals surface area (Å²) < 4.78 is 0. The van der Waals surface area contributed by atoms with Crippen LogP contribution in [0, 0.1) is 0 Å². The minimum atomic E-state index is -0.0951. The molecule has 0 unspecified atom stereocenters. The Morgan fingerprint density at radius 2 is 0.591 bits per heavy atom. The Balaban J connectivity index is 1.16. The summed E-state index contributed by atoms with van der Waals surface area (Å²) in [5, 5.41) is 0. The van der Waals surface area contributed by atoms with Crippen LogP contribution in [0.2, 0.25) is 0 Å². The highest BCUT2D eigenvalue weighted by Gasteiger charge is 2.45. The highest BCUT2D eigenvalue weighted by Crippen LogP contribution is 2.56. The van der Waals surface area contributed by atoms with Gasteiger partial charge < -0.3 is 24.5 Å². The van der Waals surface area contributed by atoms with E-state index in [4.69, 9.17) is 0 Å². The molecule has 0 aromatic heterocycles. The first-order valence-corrected chi connectivity index (χ1v) is 22.6. The molecule has 10 aromatic rings. The number of hydrogen-bond donors (Lipinski definition) is 0. The van der Waals surface area contributed by atoms with E-state index in [1.807, 2.05) is 0 Å². The molecule has 13 rings (SSSR count). The Hall–Kier alpha value is -8.74. The van der Waals surface area contributed by atoms with Crippen molar-refractivity contribution in [3.05, 3.63) is 255 Å². The first-order valence-electron chi connectivity index (χ1n) is 22.6. The van der Waals surface area contributed by atoms with Gasteiger partial charge in [-0.3, -0.25) is 0 Å².